The number of guanidine groups is 1. The molecule has 1 atom stereocenters. The predicted molar refractivity (Wildman–Crippen MR) is 98.3 cm³/mol. The molecule has 0 bridgehead atoms. The molecule has 1 aliphatic heterocycles. The number of carbonyl (C=O) groups excluding carboxylic acids is 1. The van der Waals surface area contributed by atoms with Crippen molar-refractivity contribution in [1.82, 2.24) is 10.2 Å². The Hall–Kier alpha value is -0.570. The number of likely N-dealkylation sites (tertiary alicyclic amines) is 1. The molecule has 7 heteroatoms. The molecule has 0 radical (unpaired) electrons. The van der Waals surface area contributed by atoms with Crippen LogP contribution >= 0.6 is 24.0 Å². The van der Waals surface area contributed by atoms with E-state index >= 15 is 0 Å². The lowest BCUT2D eigenvalue weighted by Crippen LogP contribution is -2.47. The van der Waals surface area contributed by atoms with Crippen molar-refractivity contribution in [2.24, 2.45) is 22.1 Å². The number of hydrogen-bond donors (Lipinski definition) is 3. The number of halogens is 1. The molecule has 1 saturated carbocycles. The van der Waals surface area contributed by atoms with E-state index in [1.54, 1.807) is 0 Å². The lowest BCUT2D eigenvalue weighted by molar-refractivity contribution is -0.119. The maximum Gasteiger partial charge on any atom is 0.217 e. The molecule has 0 aromatic heterocycles. The second-order valence-corrected chi connectivity index (χ2v) is 6.45. The van der Waals surface area contributed by atoms with E-state index in [2.05, 4.69) is 17.1 Å². The van der Waals surface area contributed by atoms with Crippen molar-refractivity contribution in [1.29, 1.82) is 0 Å². The first-order valence-electron chi connectivity index (χ1n) is 8.01. The SMILES string of the molecule is CCNC(=NCC1(CO)CC1)N1CCCC(CC(N)=O)C1.I. The van der Waals surface area contributed by atoms with Gasteiger partial charge in [-0.05, 0) is 38.5 Å². The maximum atomic E-state index is 11.1. The highest BCUT2D eigenvalue weighted by molar-refractivity contribution is 14.0. The topological polar surface area (TPSA) is 91.0 Å². The van der Waals surface area contributed by atoms with Gasteiger partial charge in [0.05, 0.1) is 13.2 Å². The van der Waals surface area contributed by atoms with Crippen LogP contribution in [0.25, 0.3) is 0 Å². The predicted octanol–water partition coefficient (Wildman–Crippen LogP) is 0.930. The Morgan fingerprint density at radius 2 is 2.23 bits per heavy atom. The molecule has 128 valence electrons. The number of nitrogens with two attached hydrogens (primary N) is 1. The minimum atomic E-state index is -0.221. The van der Waals surface area contributed by atoms with E-state index in [9.17, 15) is 9.90 Å². The van der Waals surface area contributed by atoms with E-state index in [1.807, 2.05) is 0 Å². The third kappa shape index (κ3) is 5.57. The smallest absolute Gasteiger partial charge is 0.217 e. The molecule has 1 heterocycles. The number of nitrogens with one attached hydrogen (secondary N) is 1. The standard InChI is InChI=1S/C15H28N4O2.HI/c1-2-17-14(18-10-15(11-20)5-6-15)19-7-3-4-12(9-19)8-13(16)21;/h12,20H,2-11H2,1H3,(H2,16,21)(H,17,18);1H. The summed E-state index contributed by atoms with van der Waals surface area (Å²) in [5, 5.41) is 12.7. The summed E-state index contributed by atoms with van der Waals surface area (Å²) in [6.07, 6.45) is 4.71. The fraction of sp³-hybridized carbons (Fsp3) is 0.867. The summed E-state index contributed by atoms with van der Waals surface area (Å²) in [4.78, 5) is 18.0. The number of rotatable bonds is 6. The number of carbonyl (C=O) groups is 1. The van der Waals surface area contributed by atoms with E-state index in [0.717, 1.165) is 51.3 Å². The normalized spacial score (nSPS) is 23.6. The van der Waals surface area contributed by atoms with Crippen molar-refractivity contribution in [3.63, 3.8) is 0 Å². The summed E-state index contributed by atoms with van der Waals surface area (Å²) in [6.45, 7) is 5.58. The highest BCUT2D eigenvalue weighted by Crippen LogP contribution is 2.45. The first kappa shape index (κ1) is 19.5. The number of primary amides is 1. The van der Waals surface area contributed by atoms with Crippen LogP contribution in [0.5, 0.6) is 0 Å². The molecule has 1 aliphatic carbocycles. The number of amides is 1. The summed E-state index contributed by atoms with van der Waals surface area (Å²) in [5.41, 5.74) is 5.35. The molecule has 0 aromatic rings. The highest BCUT2D eigenvalue weighted by atomic mass is 127. The third-order valence-corrected chi connectivity index (χ3v) is 4.50. The maximum absolute atomic E-state index is 11.1. The average Bonchev–Trinajstić information content (AvgIpc) is 3.23. The quantitative estimate of drug-likeness (QED) is 0.336. The largest absolute Gasteiger partial charge is 0.396 e. The van der Waals surface area contributed by atoms with Crippen molar-refractivity contribution < 1.29 is 9.90 Å². The minimum Gasteiger partial charge on any atom is -0.396 e. The molecule has 0 aromatic carbocycles. The molecule has 1 unspecified atom stereocenters. The van der Waals surface area contributed by atoms with Crippen LogP contribution < -0.4 is 11.1 Å². The van der Waals surface area contributed by atoms with Crippen molar-refractivity contribution in [2.75, 3.05) is 32.8 Å². The Bertz CT molecular complexity index is 399. The van der Waals surface area contributed by atoms with Crippen LogP contribution in [0, 0.1) is 11.3 Å². The molecule has 4 N–H and O–H groups in total. The van der Waals surface area contributed by atoms with Crippen LogP contribution in [0.15, 0.2) is 4.99 Å². The van der Waals surface area contributed by atoms with Gasteiger partial charge in [-0.3, -0.25) is 9.79 Å². The van der Waals surface area contributed by atoms with E-state index in [0.29, 0.717) is 18.9 Å². The van der Waals surface area contributed by atoms with Crippen molar-refractivity contribution in [2.45, 2.75) is 39.0 Å². The zero-order chi connectivity index (χ0) is 15.3. The Morgan fingerprint density at radius 1 is 1.50 bits per heavy atom. The van der Waals surface area contributed by atoms with Gasteiger partial charge in [-0.15, -0.1) is 24.0 Å². The molecular weight excluding hydrogens is 395 g/mol. The minimum absolute atomic E-state index is 0. The monoisotopic (exact) mass is 424 g/mol. The Labute approximate surface area is 149 Å². The van der Waals surface area contributed by atoms with Gasteiger partial charge in [0.15, 0.2) is 5.96 Å². The van der Waals surface area contributed by atoms with E-state index in [1.165, 1.54) is 0 Å². The van der Waals surface area contributed by atoms with Gasteiger partial charge in [-0.2, -0.15) is 0 Å². The summed E-state index contributed by atoms with van der Waals surface area (Å²) in [6, 6.07) is 0. The molecule has 0 spiro atoms. The Balaban J connectivity index is 0.00000242. The van der Waals surface area contributed by atoms with Crippen molar-refractivity contribution in [3.8, 4) is 0 Å². The first-order valence-corrected chi connectivity index (χ1v) is 8.01. The van der Waals surface area contributed by atoms with Gasteiger partial charge >= 0.3 is 0 Å². The summed E-state index contributed by atoms with van der Waals surface area (Å²) < 4.78 is 0. The molecule has 6 nitrogen and oxygen atoms in total. The lowest BCUT2D eigenvalue weighted by Gasteiger charge is -2.34. The number of nitrogens with zero attached hydrogens (tertiary/aromatic N) is 2. The molecule has 2 fully saturated rings. The van der Waals surface area contributed by atoms with Crippen LogP contribution in [0.2, 0.25) is 0 Å². The van der Waals surface area contributed by atoms with Gasteiger partial charge in [0.25, 0.3) is 0 Å². The molecule has 1 amide bonds. The van der Waals surface area contributed by atoms with Gasteiger partial charge in [-0.25, -0.2) is 0 Å². The van der Waals surface area contributed by atoms with E-state index < -0.39 is 0 Å². The van der Waals surface area contributed by atoms with Gasteiger partial charge < -0.3 is 21.1 Å². The Kier molecular flexibility index (Phi) is 7.88. The second kappa shape index (κ2) is 8.90. The van der Waals surface area contributed by atoms with E-state index in [4.69, 9.17) is 10.7 Å². The van der Waals surface area contributed by atoms with Crippen LogP contribution in [-0.4, -0.2) is 54.7 Å². The van der Waals surface area contributed by atoms with Crippen LogP contribution in [0.3, 0.4) is 0 Å². The summed E-state index contributed by atoms with van der Waals surface area (Å²) >= 11 is 0. The molecule has 1 saturated heterocycles. The van der Waals surface area contributed by atoms with Crippen molar-refractivity contribution >= 4 is 35.8 Å². The second-order valence-electron chi connectivity index (χ2n) is 6.45. The van der Waals surface area contributed by atoms with Gasteiger partial charge in [-0.1, -0.05) is 0 Å². The molecule has 2 aliphatic rings. The molecular formula is C15H29IN4O2. The lowest BCUT2D eigenvalue weighted by atomic mass is 9.95. The number of aliphatic hydroxyl groups is 1. The Morgan fingerprint density at radius 3 is 2.77 bits per heavy atom. The van der Waals surface area contributed by atoms with Crippen LogP contribution in [0.4, 0.5) is 0 Å². The molecule has 22 heavy (non-hydrogen) atoms. The summed E-state index contributed by atoms with van der Waals surface area (Å²) in [5.74, 6) is 1.01. The fourth-order valence-electron chi connectivity index (χ4n) is 2.92. The zero-order valence-corrected chi connectivity index (χ0v) is 15.7. The van der Waals surface area contributed by atoms with Crippen molar-refractivity contribution in [3.05, 3.63) is 0 Å². The van der Waals surface area contributed by atoms with Gasteiger partial charge in [0.1, 0.15) is 0 Å². The van der Waals surface area contributed by atoms with E-state index in [-0.39, 0.29) is 41.9 Å². The first-order chi connectivity index (χ1) is 10.1. The number of aliphatic imine (C=N–C) groups is 1. The number of piperidine rings is 1. The average molecular weight is 424 g/mol. The van der Waals surface area contributed by atoms with Gasteiger partial charge in [0, 0.05) is 31.5 Å². The summed E-state index contributed by atoms with van der Waals surface area (Å²) in [7, 11) is 0. The number of aliphatic hydroxyl groups excluding tert-OH is 1. The third-order valence-electron chi connectivity index (χ3n) is 4.50. The zero-order valence-electron chi connectivity index (χ0n) is 13.4. The van der Waals surface area contributed by atoms with Gasteiger partial charge in [0.2, 0.25) is 5.91 Å². The van der Waals surface area contributed by atoms with Crippen LogP contribution in [-0.2, 0) is 4.79 Å². The number of hydrogen-bond acceptors (Lipinski definition) is 3. The van der Waals surface area contributed by atoms with Crippen LogP contribution in [0.1, 0.15) is 39.0 Å². The molecule has 2 rings (SSSR count). The fourth-order valence-corrected chi connectivity index (χ4v) is 2.92. The highest BCUT2D eigenvalue weighted by Gasteiger charge is 2.42.